The molecule has 5 aliphatic carbocycles. The summed E-state index contributed by atoms with van der Waals surface area (Å²) in [5.74, 6) is 1.08. The number of nitrogens with zero attached hydrogens (tertiary/aromatic N) is 2. The topological polar surface area (TPSA) is 19.6 Å². The van der Waals surface area contributed by atoms with E-state index in [4.69, 9.17) is 4.42 Å². The van der Waals surface area contributed by atoms with Crippen molar-refractivity contribution in [2.24, 2.45) is 11.3 Å². The highest BCUT2D eigenvalue weighted by Crippen LogP contribution is 2.50. The van der Waals surface area contributed by atoms with E-state index in [0.29, 0.717) is 11.8 Å². The summed E-state index contributed by atoms with van der Waals surface area (Å²) in [6.45, 7) is 14.0. The third-order valence-corrected chi connectivity index (χ3v) is 19.3. The summed E-state index contributed by atoms with van der Waals surface area (Å²) in [5.41, 5.74) is 30.5. The highest BCUT2D eigenvalue weighted by atomic mass is 16.3. The predicted molar refractivity (Wildman–Crippen MR) is 360 cm³/mol. The lowest BCUT2D eigenvalue weighted by Gasteiger charge is -2.37. The molecule has 0 spiro atoms. The Bertz CT molecular complexity index is 4390. The number of furan rings is 1. The summed E-state index contributed by atoms with van der Waals surface area (Å²) in [7, 11) is 0. The van der Waals surface area contributed by atoms with Crippen LogP contribution in [0.2, 0.25) is 0 Å². The molecule has 2 unspecified atom stereocenters. The van der Waals surface area contributed by atoms with Crippen molar-refractivity contribution in [2.45, 2.75) is 104 Å². The monoisotopic (exact) mass is 1100 g/mol. The molecule has 3 nitrogen and oxygen atoms in total. The molecule has 0 aliphatic heterocycles. The third-order valence-electron chi connectivity index (χ3n) is 19.3. The second-order valence-corrected chi connectivity index (χ2v) is 26.7. The molecule has 15 rings (SSSR count). The minimum atomic E-state index is 0.0630. The quantitative estimate of drug-likeness (QED) is 0.136. The van der Waals surface area contributed by atoms with E-state index in [0.717, 1.165) is 73.2 Å². The Morgan fingerprint density at radius 3 is 1.64 bits per heavy atom. The summed E-state index contributed by atoms with van der Waals surface area (Å²) in [6, 6.07) is 71.3. The van der Waals surface area contributed by atoms with Crippen molar-refractivity contribution < 1.29 is 4.42 Å². The summed E-state index contributed by atoms with van der Waals surface area (Å²) in [6.07, 6.45) is 24.8. The van der Waals surface area contributed by atoms with E-state index in [-0.39, 0.29) is 10.8 Å². The van der Waals surface area contributed by atoms with Crippen LogP contribution in [0.5, 0.6) is 0 Å². The van der Waals surface area contributed by atoms with Crippen LogP contribution < -0.4 is 9.80 Å². The highest BCUT2D eigenvalue weighted by Gasteiger charge is 2.31. The summed E-state index contributed by atoms with van der Waals surface area (Å²) in [4.78, 5) is 4.93. The number of anilines is 5. The van der Waals surface area contributed by atoms with Gasteiger partial charge in [-0.2, -0.15) is 0 Å². The zero-order chi connectivity index (χ0) is 57.6. The maximum Gasteiger partial charge on any atom is 0.137 e. The fourth-order valence-electron chi connectivity index (χ4n) is 14.3. The lowest BCUT2D eigenvalue weighted by molar-refractivity contribution is 0.220. The fourth-order valence-corrected chi connectivity index (χ4v) is 14.3. The standard InChI is InChI=1S/C82H74N2O/c1-81(2,3)65-29-37-69(38-30-65)83(67-33-25-59(26-34-67)57-21-17-55(18-22-57)53-13-9-7-10-14-53)71-41-43-73-61(47-71)45-62-49-76-63(48-75(62)73)46-64-50-78-74-44-42-72(51-79(74)85-80(78)52-77(64)76)84(70-39-31-66(32-40-70)82(4,5)6)68-35-27-60(28-36-68)58-23-19-56(20-24-58)54-15-11-8-12-16-54/h8-9,11-19,21-30,33-39,41-44,47-52,56,66H,7,10,20,31-32,40,45-46H2,1-6H3. The number of fused-ring (bicyclic) bond motifs is 9. The van der Waals surface area contributed by atoms with E-state index in [1.165, 1.54) is 123 Å². The van der Waals surface area contributed by atoms with E-state index < -0.39 is 0 Å². The first-order valence-corrected chi connectivity index (χ1v) is 31.1. The lowest BCUT2D eigenvalue weighted by atomic mass is 9.74. The molecule has 3 heteroatoms. The van der Waals surface area contributed by atoms with Crippen molar-refractivity contribution in [3.8, 4) is 33.4 Å². The number of allylic oxidation sites excluding steroid dienone is 10. The zero-order valence-electron chi connectivity index (χ0n) is 50.1. The van der Waals surface area contributed by atoms with E-state index in [9.17, 15) is 0 Å². The van der Waals surface area contributed by atoms with Crippen LogP contribution in [0.1, 0.15) is 130 Å². The molecule has 1 heterocycles. The molecule has 0 bridgehead atoms. The van der Waals surface area contributed by atoms with Crippen LogP contribution in [-0.4, -0.2) is 0 Å². The van der Waals surface area contributed by atoms with E-state index in [1.54, 1.807) is 0 Å². The first kappa shape index (κ1) is 52.9. The molecule has 0 saturated heterocycles. The van der Waals surface area contributed by atoms with Crippen LogP contribution in [0.25, 0.3) is 66.5 Å². The SMILES string of the molecule is CC(C)(C)c1ccc(N(c2ccc(-c3ccc(C4=CCCC=C4)cc3)cc2)c2ccc3c(c2)Cc2cc4c(cc2-3)Cc2cc3c(cc2-4)oc2cc(N(C4=CCC(C(C)(C)C)CC4)c4ccc(C5=CCC(c6ccccc6)C=C5)cc4)ccc23)cc1. The van der Waals surface area contributed by atoms with Crippen molar-refractivity contribution >= 4 is 61.5 Å². The fraction of sp³-hybridized carbons (Fsp3) is 0.220. The molecule has 5 aliphatic rings. The first-order chi connectivity index (χ1) is 41.3. The van der Waals surface area contributed by atoms with Crippen LogP contribution in [0.3, 0.4) is 0 Å². The maximum atomic E-state index is 6.97. The molecule has 0 fully saturated rings. The number of hydrogen-bond acceptors (Lipinski definition) is 3. The first-order valence-electron chi connectivity index (χ1n) is 31.1. The number of hydrogen-bond donors (Lipinski definition) is 0. The minimum absolute atomic E-state index is 0.0630. The molecule has 1 aromatic heterocycles. The van der Waals surface area contributed by atoms with Gasteiger partial charge in [0, 0.05) is 56.9 Å². The Kier molecular flexibility index (Phi) is 13.1. The van der Waals surface area contributed by atoms with Gasteiger partial charge in [-0.05, 0) is 242 Å². The van der Waals surface area contributed by atoms with Crippen molar-refractivity contribution in [1.29, 1.82) is 0 Å². The van der Waals surface area contributed by atoms with Crippen LogP contribution in [0, 0.1) is 11.3 Å². The molecule has 0 saturated carbocycles. The molecule has 418 valence electrons. The smallest absolute Gasteiger partial charge is 0.137 e. The van der Waals surface area contributed by atoms with Crippen molar-refractivity contribution in [2.75, 3.05) is 9.80 Å². The zero-order valence-corrected chi connectivity index (χ0v) is 50.1. The summed E-state index contributed by atoms with van der Waals surface area (Å²) >= 11 is 0. The van der Waals surface area contributed by atoms with Gasteiger partial charge in [0.15, 0.2) is 0 Å². The Balaban J connectivity index is 0.714. The van der Waals surface area contributed by atoms with Crippen molar-refractivity contribution in [3.63, 3.8) is 0 Å². The summed E-state index contributed by atoms with van der Waals surface area (Å²) in [5, 5.41) is 2.36. The van der Waals surface area contributed by atoms with Gasteiger partial charge in [0.2, 0.25) is 0 Å². The molecule has 0 amide bonds. The molecule has 85 heavy (non-hydrogen) atoms. The van der Waals surface area contributed by atoms with E-state index >= 15 is 0 Å². The maximum absolute atomic E-state index is 6.97. The summed E-state index contributed by atoms with van der Waals surface area (Å²) < 4.78 is 6.97. The van der Waals surface area contributed by atoms with Crippen LogP contribution in [0.4, 0.5) is 28.4 Å². The van der Waals surface area contributed by atoms with Crippen LogP contribution >= 0.6 is 0 Å². The molecular formula is C82H74N2O. The molecular weight excluding hydrogens is 1030 g/mol. The van der Waals surface area contributed by atoms with Gasteiger partial charge < -0.3 is 14.2 Å². The molecule has 0 radical (unpaired) electrons. The number of benzene rings is 9. The normalized spacial score (nSPS) is 17.0. The van der Waals surface area contributed by atoms with Gasteiger partial charge >= 0.3 is 0 Å². The molecule has 9 aromatic carbocycles. The molecule has 0 N–H and O–H groups in total. The van der Waals surface area contributed by atoms with Crippen LogP contribution in [0.15, 0.2) is 241 Å². The van der Waals surface area contributed by atoms with Gasteiger partial charge in [0.1, 0.15) is 11.2 Å². The second kappa shape index (κ2) is 21.0. The highest BCUT2D eigenvalue weighted by molar-refractivity contribution is 6.08. The largest absolute Gasteiger partial charge is 0.456 e. The second-order valence-electron chi connectivity index (χ2n) is 26.7. The third kappa shape index (κ3) is 9.92. The van der Waals surface area contributed by atoms with E-state index in [2.05, 4.69) is 282 Å². The van der Waals surface area contributed by atoms with Gasteiger partial charge in [0.25, 0.3) is 0 Å². The van der Waals surface area contributed by atoms with Crippen molar-refractivity contribution in [1.82, 2.24) is 0 Å². The average Bonchev–Trinajstić information content (AvgIpc) is 2.60. The van der Waals surface area contributed by atoms with Gasteiger partial charge in [-0.3, -0.25) is 0 Å². The Labute approximate surface area is 502 Å². The van der Waals surface area contributed by atoms with Crippen molar-refractivity contribution in [3.05, 3.63) is 281 Å². The van der Waals surface area contributed by atoms with Gasteiger partial charge in [-0.15, -0.1) is 0 Å². The minimum Gasteiger partial charge on any atom is -0.456 e. The average molecular weight is 1100 g/mol. The van der Waals surface area contributed by atoms with Gasteiger partial charge in [0.05, 0.1) is 0 Å². The van der Waals surface area contributed by atoms with Gasteiger partial charge in [-0.25, -0.2) is 0 Å². The van der Waals surface area contributed by atoms with E-state index in [1.807, 2.05) is 0 Å². The number of rotatable bonds is 10. The molecule has 10 aromatic rings. The Morgan fingerprint density at radius 1 is 0.435 bits per heavy atom. The van der Waals surface area contributed by atoms with Crippen LogP contribution in [-0.2, 0) is 18.3 Å². The molecule has 2 atom stereocenters. The predicted octanol–water partition coefficient (Wildman–Crippen LogP) is 22.9. The van der Waals surface area contributed by atoms with Gasteiger partial charge in [-0.1, -0.05) is 181 Å². The Morgan fingerprint density at radius 2 is 1.00 bits per heavy atom. The Hall–Kier alpha value is -8.92. The lowest BCUT2D eigenvalue weighted by Crippen LogP contribution is -2.26.